The molecule has 0 saturated carbocycles. The lowest BCUT2D eigenvalue weighted by molar-refractivity contribution is -0.137. The Morgan fingerprint density at radius 3 is 2.78 bits per heavy atom. The van der Waals surface area contributed by atoms with Crippen molar-refractivity contribution in [1.29, 1.82) is 0 Å². The van der Waals surface area contributed by atoms with Crippen LogP contribution >= 0.6 is 11.8 Å². The maximum absolute atomic E-state index is 12.4. The van der Waals surface area contributed by atoms with Gasteiger partial charge in [0.05, 0.1) is 12.3 Å². The molecule has 2 amide bonds. The van der Waals surface area contributed by atoms with E-state index in [0.717, 1.165) is 11.3 Å². The molecule has 2 N–H and O–H groups in total. The largest absolute Gasteiger partial charge is 0.365 e. The van der Waals surface area contributed by atoms with Gasteiger partial charge in [0.25, 0.3) is 0 Å². The Morgan fingerprint density at radius 2 is 2.04 bits per heavy atom. The summed E-state index contributed by atoms with van der Waals surface area (Å²) in [5.74, 6) is 1.12. The highest BCUT2D eigenvalue weighted by molar-refractivity contribution is 7.99. The van der Waals surface area contributed by atoms with Crippen molar-refractivity contribution in [1.82, 2.24) is 15.2 Å². The van der Waals surface area contributed by atoms with Gasteiger partial charge in [-0.15, -0.1) is 11.8 Å². The zero-order valence-electron chi connectivity index (χ0n) is 12.7. The van der Waals surface area contributed by atoms with Crippen LogP contribution in [0, 0.1) is 0 Å². The van der Waals surface area contributed by atoms with Gasteiger partial charge in [0.2, 0.25) is 11.8 Å². The summed E-state index contributed by atoms with van der Waals surface area (Å²) in [7, 11) is 0. The summed E-state index contributed by atoms with van der Waals surface area (Å²) in [6.45, 7) is 0.486. The van der Waals surface area contributed by atoms with E-state index in [4.69, 9.17) is 0 Å². The van der Waals surface area contributed by atoms with Crippen LogP contribution in [0.2, 0.25) is 0 Å². The molecule has 5 nitrogen and oxygen atoms in total. The van der Waals surface area contributed by atoms with Gasteiger partial charge < -0.3 is 15.2 Å². The third kappa shape index (κ3) is 3.96. The Labute approximate surface area is 139 Å². The molecule has 1 aromatic carbocycles. The fraction of sp³-hybridized carbons (Fsp3) is 0.294. The second kappa shape index (κ2) is 7.37. The van der Waals surface area contributed by atoms with Crippen LogP contribution in [0.5, 0.6) is 0 Å². The number of rotatable bonds is 5. The first-order valence-electron chi connectivity index (χ1n) is 7.55. The zero-order chi connectivity index (χ0) is 16.1. The highest BCUT2D eigenvalue weighted by Gasteiger charge is 2.34. The van der Waals surface area contributed by atoms with Gasteiger partial charge in [0, 0.05) is 24.2 Å². The molecule has 0 radical (unpaired) electrons. The molecule has 1 fully saturated rings. The van der Waals surface area contributed by atoms with Crippen molar-refractivity contribution in [2.75, 3.05) is 11.6 Å². The van der Waals surface area contributed by atoms with Crippen molar-refractivity contribution in [3.63, 3.8) is 0 Å². The normalized spacial score (nSPS) is 17.2. The van der Waals surface area contributed by atoms with Gasteiger partial charge >= 0.3 is 0 Å². The third-order valence-electron chi connectivity index (χ3n) is 3.82. The molecular formula is C17H19N3O2S. The molecule has 1 saturated heterocycles. The Bertz CT molecular complexity index is 658. The van der Waals surface area contributed by atoms with E-state index in [-0.39, 0.29) is 17.9 Å². The fourth-order valence-corrected chi connectivity index (χ4v) is 3.73. The number of aromatic amines is 1. The van der Waals surface area contributed by atoms with Crippen molar-refractivity contribution in [3.05, 3.63) is 59.9 Å². The summed E-state index contributed by atoms with van der Waals surface area (Å²) >= 11 is 1.62. The molecule has 23 heavy (non-hydrogen) atoms. The van der Waals surface area contributed by atoms with E-state index < -0.39 is 0 Å². The monoisotopic (exact) mass is 329 g/mol. The molecule has 1 atom stereocenters. The van der Waals surface area contributed by atoms with Crippen molar-refractivity contribution in [3.8, 4) is 0 Å². The van der Waals surface area contributed by atoms with E-state index in [0.29, 0.717) is 24.6 Å². The minimum absolute atomic E-state index is 0.0164. The highest BCUT2D eigenvalue weighted by atomic mass is 32.2. The first-order chi connectivity index (χ1) is 11.2. The first kappa shape index (κ1) is 15.7. The number of H-pyrrole nitrogens is 1. The standard InChI is InChI=1S/C17H19N3O2S/c21-16(9-14-7-4-8-18-14)20-12-23-11-15(20)17(22)19-10-13-5-2-1-3-6-13/h1-8,15,18H,9-12H2,(H,19,22)/t15-/m1/s1. The summed E-state index contributed by atoms with van der Waals surface area (Å²) in [4.78, 5) is 29.5. The number of amides is 2. The first-order valence-corrected chi connectivity index (χ1v) is 8.70. The van der Waals surface area contributed by atoms with E-state index in [9.17, 15) is 9.59 Å². The molecule has 2 aromatic rings. The second-order valence-electron chi connectivity index (χ2n) is 5.45. The van der Waals surface area contributed by atoms with Gasteiger partial charge in [-0.25, -0.2) is 0 Å². The molecular weight excluding hydrogens is 310 g/mol. The fourth-order valence-electron chi connectivity index (χ4n) is 2.55. The quantitative estimate of drug-likeness (QED) is 0.879. The number of aromatic nitrogens is 1. The minimum atomic E-state index is -0.383. The molecule has 3 rings (SSSR count). The van der Waals surface area contributed by atoms with Crippen LogP contribution in [-0.4, -0.2) is 39.4 Å². The maximum Gasteiger partial charge on any atom is 0.243 e. The molecule has 1 aliphatic rings. The number of benzene rings is 1. The van der Waals surface area contributed by atoms with E-state index in [1.807, 2.05) is 42.5 Å². The van der Waals surface area contributed by atoms with Crippen LogP contribution in [0.15, 0.2) is 48.7 Å². The lowest BCUT2D eigenvalue weighted by Gasteiger charge is -2.23. The Hall–Kier alpha value is -2.21. The Morgan fingerprint density at radius 1 is 1.22 bits per heavy atom. The zero-order valence-corrected chi connectivity index (χ0v) is 13.5. The van der Waals surface area contributed by atoms with Crippen LogP contribution in [0.1, 0.15) is 11.3 Å². The Balaban J connectivity index is 1.57. The van der Waals surface area contributed by atoms with E-state index in [1.54, 1.807) is 22.9 Å². The molecule has 0 bridgehead atoms. The van der Waals surface area contributed by atoms with Crippen LogP contribution in [0.3, 0.4) is 0 Å². The van der Waals surface area contributed by atoms with Crippen LogP contribution in [0.4, 0.5) is 0 Å². The summed E-state index contributed by atoms with van der Waals surface area (Å²) in [5.41, 5.74) is 1.92. The average molecular weight is 329 g/mol. The highest BCUT2D eigenvalue weighted by Crippen LogP contribution is 2.22. The average Bonchev–Trinajstić information content (AvgIpc) is 3.24. The van der Waals surface area contributed by atoms with Crippen LogP contribution in [-0.2, 0) is 22.6 Å². The number of nitrogens with zero attached hydrogens (tertiary/aromatic N) is 1. The number of carbonyl (C=O) groups is 2. The number of hydrogen-bond donors (Lipinski definition) is 2. The topological polar surface area (TPSA) is 65.2 Å². The van der Waals surface area contributed by atoms with E-state index >= 15 is 0 Å². The van der Waals surface area contributed by atoms with Gasteiger partial charge in [-0.1, -0.05) is 30.3 Å². The van der Waals surface area contributed by atoms with E-state index in [1.165, 1.54) is 0 Å². The summed E-state index contributed by atoms with van der Waals surface area (Å²) in [6, 6.07) is 13.1. The molecule has 0 spiro atoms. The molecule has 1 aromatic heterocycles. The molecule has 6 heteroatoms. The minimum Gasteiger partial charge on any atom is -0.365 e. The SMILES string of the molecule is O=C(NCc1ccccc1)[C@H]1CSCN1C(=O)Cc1ccc[nH]1. The van der Waals surface area contributed by atoms with Crippen molar-refractivity contribution in [2.45, 2.75) is 19.0 Å². The number of carbonyl (C=O) groups excluding carboxylic acids is 2. The molecule has 120 valence electrons. The smallest absolute Gasteiger partial charge is 0.243 e. The predicted molar refractivity (Wildman–Crippen MR) is 90.7 cm³/mol. The van der Waals surface area contributed by atoms with Crippen molar-refractivity contribution in [2.24, 2.45) is 0 Å². The maximum atomic E-state index is 12.4. The summed E-state index contributed by atoms with van der Waals surface area (Å²) in [6.07, 6.45) is 2.10. The van der Waals surface area contributed by atoms with Gasteiger partial charge in [0.1, 0.15) is 6.04 Å². The molecule has 0 aliphatic carbocycles. The second-order valence-corrected chi connectivity index (χ2v) is 6.45. The molecule has 0 unspecified atom stereocenters. The summed E-state index contributed by atoms with van der Waals surface area (Å²) < 4.78 is 0. The van der Waals surface area contributed by atoms with Gasteiger partial charge in [-0.2, -0.15) is 0 Å². The number of nitrogens with one attached hydrogen (secondary N) is 2. The predicted octanol–water partition coefficient (Wildman–Crippen LogP) is 1.78. The van der Waals surface area contributed by atoms with Crippen LogP contribution in [0.25, 0.3) is 0 Å². The van der Waals surface area contributed by atoms with Crippen molar-refractivity contribution >= 4 is 23.6 Å². The number of thioether (sulfide) groups is 1. The molecule has 1 aliphatic heterocycles. The van der Waals surface area contributed by atoms with Crippen molar-refractivity contribution < 1.29 is 9.59 Å². The molecule has 2 heterocycles. The Kier molecular flexibility index (Phi) is 5.02. The lowest BCUT2D eigenvalue weighted by atomic mass is 10.2. The van der Waals surface area contributed by atoms with E-state index in [2.05, 4.69) is 10.3 Å². The van der Waals surface area contributed by atoms with Gasteiger partial charge in [0.15, 0.2) is 0 Å². The number of hydrogen-bond acceptors (Lipinski definition) is 3. The third-order valence-corrected chi connectivity index (χ3v) is 4.83. The van der Waals surface area contributed by atoms with Gasteiger partial charge in [-0.05, 0) is 17.7 Å². The van der Waals surface area contributed by atoms with Crippen LogP contribution < -0.4 is 5.32 Å². The summed E-state index contributed by atoms with van der Waals surface area (Å²) in [5, 5.41) is 2.93. The lowest BCUT2D eigenvalue weighted by Crippen LogP contribution is -2.47. The van der Waals surface area contributed by atoms with Gasteiger partial charge in [-0.3, -0.25) is 9.59 Å².